The summed E-state index contributed by atoms with van der Waals surface area (Å²) in [5, 5.41) is 34.8. The van der Waals surface area contributed by atoms with Gasteiger partial charge in [0.25, 0.3) is 11.4 Å². The molecule has 0 spiro atoms. The Hall–Kier alpha value is -3.41. The summed E-state index contributed by atoms with van der Waals surface area (Å²) < 4.78 is 39.2. The molecule has 12 heteroatoms. The molecule has 1 aliphatic heterocycles. The first kappa shape index (κ1) is 23.3. The molecule has 2 aromatic carbocycles. The summed E-state index contributed by atoms with van der Waals surface area (Å²) in [7, 11) is 0. The number of para-hydroxylation sites is 1. The van der Waals surface area contributed by atoms with Crippen LogP contribution in [-0.4, -0.2) is 34.6 Å². The Bertz CT molecular complexity index is 972. The number of nitro groups is 2. The summed E-state index contributed by atoms with van der Waals surface area (Å²) >= 11 is 0. The number of rotatable bonds is 7. The molecule has 1 fully saturated rings. The number of aliphatic hydroxyl groups excluding tert-OH is 1. The van der Waals surface area contributed by atoms with Crippen molar-refractivity contribution in [3.63, 3.8) is 0 Å². The Morgan fingerprint density at radius 3 is 2.12 bits per heavy atom. The second kappa shape index (κ2) is 9.39. The summed E-state index contributed by atoms with van der Waals surface area (Å²) in [6.07, 6.45) is -3.40. The Balaban J connectivity index is 1.92. The minimum Gasteiger partial charge on any atom is -0.396 e. The molecule has 0 unspecified atom stereocenters. The minimum atomic E-state index is -4.97. The number of halogens is 3. The Kier molecular flexibility index (Phi) is 6.82. The van der Waals surface area contributed by atoms with E-state index in [4.69, 9.17) is 0 Å². The predicted molar refractivity (Wildman–Crippen MR) is 111 cm³/mol. The topological polar surface area (TPSA) is 122 Å². The maximum Gasteiger partial charge on any atom is 0.416 e. The molecule has 9 nitrogen and oxygen atoms in total. The predicted octanol–water partition coefficient (Wildman–Crippen LogP) is 4.34. The fourth-order valence-corrected chi connectivity index (χ4v) is 3.75. The highest BCUT2D eigenvalue weighted by atomic mass is 19.4. The first-order valence-corrected chi connectivity index (χ1v) is 9.83. The maximum atomic E-state index is 13.1. The molecule has 0 amide bonds. The van der Waals surface area contributed by atoms with Gasteiger partial charge in [0.1, 0.15) is 0 Å². The summed E-state index contributed by atoms with van der Waals surface area (Å²) in [5.41, 5.74) is -2.59. The van der Waals surface area contributed by atoms with Crippen molar-refractivity contribution in [2.75, 3.05) is 29.9 Å². The molecule has 0 saturated carbocycles. The molecule has 0 bridgehead atoms. The van der Waals surface area contributed by atoms with Crippen molar-refractivity contribution < 1.29 is 28.1 Å². The van der Waals surface area contributed by atoms with Gasteiger partial charge in [0.05, 0.1) is 15.4 Å². The Morgan fingerprint density at radius 2 is 1.62 bits per heavy atom. The third kappa shape index (κ3) is 5.07. The van der Waals surface area contributed by atoms with Crippen molar-refractivity contribution in [1.29, 1.82) is 0 Å². The molecule has 1 aliphatic rings. The molecule has 3 rings (SSSR count). The molecule has 0 atom stereocenters. The summed E-state index contributed by atoms with van der Waals surface area (Å²) in [4.78, 5) is 22.8. The van der Waals surface area contributed by atoms with Gasteiger partial charge < -0.3 is 15.3 Å². The van der Waals surface area contributed by atoms with E-state index < -0.39 is 38.6 Å². The molecule has 172 valence electrons. The zero-order chi connectivity index (χ0) is 23.5. The van der Waals surface area contributed by atoms with E-state index in [0.29, 0.717) is 30.8 Å². The van der Waals surface area contributed by atoms with E-state index in [9.17, 15) is 38.5 Å². The van der Waals surface area contributed by atoms with Crippen molar-refractivity contribution in [1.82, 2.24) is 0 Å². The van der Waals surface area contributed by atoms with Crippen LogP contribution in [0.25, 0.3) is 0 Å². The number of benzene rings is 2. The van der Waals surface area contributed by atoms with Crippen LogP contribution in [0.2, 0.25) is 0 Å². The van der Waals surface area contributed by atoms with E-state index in [1.54, 1.807) is 18.2 Å². The normalized spacial score (nSPS) is 14.9. The van der Waals surface area contributed by atoms with Crippen LogP contribution in [0.15, 0.2) is 36.4 Å². The van der Waals surface area contributed by atoms with Crippen molar-refractivity contribution in [3.8, 4) is 0 Å². The first-order chi connectivity index (χ1) is 15.1. The second-order valence-electron chi connectivity index (χ2n) is 7.50. The monoisotopic (exact) mass is 454 g/mol. The third-order valence-electron chi connectivity index (χ3n) is 5.48. The van der Waals surface area contributed by atoms with Crippen LogP contribution in [0.1, 0.15) is 24.0 Å². The van der Waals surface area contributed by atoms with Crippen LogP contribution in [0.3, 0.4) is 0 Å². The van der Waals surface area contributed by atoms with Crippen LogP contribution in [0.4, 0.5) is 35.9 Å². The summed E-state index contributed by atoms with van der Waals surface area (Å²) in [6.45, 7) is 1.41. The average Bonchev–Trinajstić information content (AvgIpc) is 2.76. The van der Waals surface area contributed by atoms with Crippen LogP contribution in [-0.2, 0) is 12.7 Å². The smallest absolute Gasteiger partial charge is 0.396 e. The molecule has 1 saturated heterocycles. The van der Waals surface area contributed by atoms with E-state index in [-0.39, 0.29) is 19.1 Å². The van der Waals surface area contributed by atoms with E-state index in [1.165, 1.54) is 0 Å². The summed E-state index contributed by atoms with van der Waals surface area (Å²) in [5.74, 6) is 0.217. The number of nitrogens with zero attached hydrogens (tertiary/aromatic N) is 3. The van der Waals surface area contributed by atoms with Gasteiger partial charge in [-0.25, -0.2) is 0 Å². The highest BCUT2D eigenvalue weighted by molar-refractivity contribution is 5.75. The van der Waals surface area contributed by atoms with Crippen LogP contribution >= 0.6 is 0 Å². The van der Waals surface area contributed by atoms with Crippen molar-refractivity contribution in [2.24, 2.45) is 5.92 Å². The number of alkyl halides is 3. The van der Waals surface area contributed by atoms with Crippen molar-refractivity contribution in [3.05, 3.63) is 67.8 Å². The first-order valence-electron chi connectivity index (χ1n) is 9.83. The lowest BCUT2D eigenvalue weighted by Gasteiger charge is -2.34. The molecule has 2 aromatic rings. The molecule has 2 N–H and O–H groups in total. The van der Waals surface area contributed by atoms with E-state index in [0.717, 1.165) is 18.5 Å². The number of aliphatic hydroxyl groups is 1. The standard InChI is InChI=1S/C20H21F3N4O5/c21-20(22,23)15-9-17(26(29)30)19(18(10-15)27(31)32)24-11-14-3-1-2-4-16(14)25-7-5-13(12-28)6-8-25/h1-4,9-10,13,24,28H,5-8,11-12H2. The lowest BCUT2D eigenvalue weighted by molar-refractivity contribution is -0.392. The minimum absolute atomic E-state index is 0.0663. The molecule has 0 aromatic heterocycles. The molecule has 0 radical (unpaired) electrons. The zero-order valence-corrected chi connectivity index (χ0v) is 16.8. The molecule has 0 aliphatic carbocycles. The van der Waals surface area contributed by atoms with Gasteiger partial charge in [-0.3, -0.25) is 20.2 Å². The Morgan fingerprint density at radius 1 is 1.06 bits per heavy atom. The van der Waals surface area contributed by atoms with Crippen LogP contribution < -0.4 is 10.2 Å². The number of anilines is 2. The number of piperidine rings is 1. The van der Waals surface area contributed by atoms with Gasteiger partial charge in [0.15, 0.2) is 5.69 Å². The van der Waals surface area contributed by atoms with Gasteiger partial charge in [-0.05, 0) is 30.4 Å². The van der Waals surface area contributed by atoms with Gasteiger partial charge in [-0.1, -0.05) is 18.2 Å². The van der Waals surface area contributed by atoms with Gasteiger partial charge in [0, 0.05) is 44.1 Å². The Labute approximate surface area is 180 Å². The van der Waals surface area contributed by atoms with Gasteiger partial charge in [0.2, 0.25) is 0 Å². The van der Waals surface area contributed by atoms with E-state index in [1.807, 2.05) is 6.07 Å². The van der Waals surface area contributed by atoms with Crippen LogP contribution in [0, 0.1) is 26.1 Å². The number of nitrogens with one attached hydrogen (secondary N) is 1. The number of hydrogen-bond acceptors (Lipinski definition) is 7. The fourth-order valence-electron chi connectivity index (χ4n) is 3.75. The SMILES string of the molecule is O=[N+]([O-])c1cc(C(F)(F)F)cc([N+](=O)[O-])c1NCc1ccccc1N1CCC(CO)CC1. The highest BCUT2D eigenvalue weighted by Gasteiger charge is 2.37. The lowest BCUT2D eigenvalue weighted by atomic mass is 9.97. The largest absolute Gasteiger partial charge is 0.416 e. The van der Waals surface area contributed by atoms with Crippen LogP contribution in [0.5, 0.6) is 0 Å². The van der Waals surface area contributed by atoms with E-state index >= 15 is 0 Å². The average molecular weight is 454 g/mol. The summed E-state index contributed by atoms with van der Waals surface area (Å²) in [6, 6.07) is 7.70. The quantitative estimate of drug-likeness (QED) is 0.471. The lowest BCUT2D eigenvalue weighted by Crippen LogP contribution is -2.35. The van der Waals surface area contributed by atoms with Crippen molar-refractivity contribution >= 4 is 22.7 Å². The number of nitro benzene ring substituents is 2. The maximum absolute atomic E-state index is 13.1. The molecule has 1 heterocycles. The van der Waals surface area contributed by atoms with Gasteiger partial charge in [-0.2, -0.15) is 13.2 Å². The third-order valence-corrected chi connectivity index (χ3v) is 5.48. The molecular formula is C20H21F3N4O5. The van der Waals surface area contributed by atoms with E-state index in [2.05, 4.69) is 10.2 Å². The fraction of sp³-hybridized carbons (Fsp3) is 0.400. The zero-order valence-electron chi connectivity index (χ0n) is 16.8. The molecule has 32 heavy (non-hydrogen) atoms. The molecular weight excluding hydrogens is 433 g/mol. The van der Waals surface area contributed by atoms with Crippen molar-refractivity contribution in [2.45, 2.75) is 25.6 Å². The number of hydrogen-bond donors (Lipinski definition) is 2. The van der Waals surface area contributed by atoms with Gasteiger partial charge >= 0.3 is 6.18 Å². The highest BCUT2D eigenvalue weighted by Crippen LogP contribution is 2.41. The second-order valence-corrected chi connectivity index (χ2v) is 7.50. The van der Waals surface area contributed by atoms with Gasteiger partial charge in [-0.15, -0.1) is 0 Å².